The number of aromatic hydroxyl groups is 2. The van der Waals surface area contributed by atoms with Crippen molar-refractivity contribution < 1.29 is 10.2 Å². The average molecular weight is 310 g/mol. The number of phenolic OH excluding ortho intramolecular Hbond substituents is 2. The van der Waals surface area contributed by atoms with E-state index in [1.807, 2.05) is 24.3 Å². The Labute approximate surface area is 138 Å². The minimum absolute atomic E-state index is 0.102. The fourth-order valence-corrected chi connectivity index (χ4v) is 4.59. The third-order valence-electron chi connectivity index (χ3n) is 5.72. The Balaban J connectivity index is 2.15. The first-order valence-corrected chi connectivity index (χ1v) is 8.72. The maximum atomic E-state index is 9.85. The van der Waals surface area contributed by atoms with E-state index in [4.69, 9.17) is 0 Å². The molecule has 2 aromatic carbocycles. The lowest BCUT2D eigenvalue weighted by Crippen LogP contribution is -2.32. The van der Waals surface area contributed by atoms with Crippen LogP contribution in [0.15, 0.2) is 42.5 Å². The van der Waals surface area contributed by atoms with Gasteiger partial charge in [0.15, 0.2) is 0 Å². The molecule has 0 radical (unpaired) electrons. The van der Waals surface area contributed by atoms with Crippen molar-refractivity contribution in [2.45, 2.75) is 57.3 Å². The first-order chi connectivity index (χ1) is 11.1. The van der Waals surface area contributed by atoms with Gasteiger partial charge >= 0.3 is 0 Å². The molecule has 0 amide bonds. The van der Waals surface area contributed by atoms with Crippen molar-refractivity contribution in [3.63, 3.8) is 0 Å². The second kappa shape index (κ2) is 6.27. The van der Waals surface area contributed by atoms with Gasteiger partial charge in [0, 0.05) is 5.41 Å². The third-order valence-corrected chi connectivity index (χ3v) is 5.72. The van der Waals surface area contributed by atoms with Crippen molar-refractivity contribution >= 4 is 0 Å². The van der Waals surface area contributed by atoms with Crippen LogP contribution in [0.5, 0.6) is 11.5 Å². The van der Waals surface area contributed by atoms with Gasteiger partial charge in [0.2, 0.25) is 0 Å². The summed E-state index contributed by atoms with van der Waals surface area (Å²) in [5.41, 5.74) is 4.11. The quantitative estimate of drug-likeness (QED) is 0.758. The Morgan fingerprint density at radius 2 is 1.70 bits per heavy atom. The minimum atomic E-state index is 0.102. The Hall–Kier alpha value is -1.96. The highest BCUT2D eigenvalue weighted by molar-refractivity contribution is 5.43. The van der Waals surface area contributed by atoms with E-state index in [0.29, 0.717) is 17.4 Å². The van der Waals surface area contributed by atoms with Crippen LogP contribution in [0, 0.1) is 0 Å². The minimum Gasteiger partial charge on any atom is -0.508 e. The number of hydrogen-bond donors (Lipinski definition) is 2. The molecule has 1 aliphatic rings. The summed E-state index contributed by atoms with van der Waals surface area (Å²) in [6.45, 7) is 4.54. The zero-order chi connectivity index (χ0) is 16.4. The maximum Gasteiger partial charge on any atom is 0.115 e. The molecule has 0 fully saturated rings. The molecule has 0 aliphatic heterocycles. The van der Waals surface area contributed by atoms with Crippen molar-refractivity contribution in [3.8, 4) is 11.5 Å². The van der Waals surface area contributed by atoms with Crippen LogP contribution in [0.4, 0.5) is 0 Å². The van der Waals surface area contributed by atoms with Gasteiger partial charge in [-0.05, 0) is 79.0 Å². The van der Waals surface area contributed by atoms with E-state index < -0.39 is 0 Å². The molecular formula is C21H26O2. The van der Waals surface area contributed by atoms with E-state index >= 15 is 0 Å². The maximum absolute atomic E-state index is 9.85. The lowest BCUT2D eigenvalue weighted by atomic mass is 9.63. The van der Waals surface area contributed by atoms with E-state index in [0.717, 1.165) is 32.1 Å². The zero-order valence-corrected chi connectivity index (χ0v) is 14.0. The average Bonchev–Trinajstić information content (AvgIpc) is 2.71. The molecule has 2 atom stereocenters. The van der Waals surface area contributed by atoms with Crippen molar-refractivity contribution in [1.82, 2.24) is 0 Å². The fourth-order valence-electron chi connectivity index (χ4n) is 4.59. The first kappa shape index (κ1) is 15.9. The number of hydrogen-bond acceptors (Lipinski definition) is 2. The normalized spacial score (nSPS) is 24.0. The van der Waals surface area contributed by atoms with Gasteiger partial charge in [0.1, 0.15) is 11.5 Å². The molecule has 2 aromatic rings. The summed E-state index contributed by atoms with van der Waals surface area (Å²) < 4.78 is 0. The van der Waals surface area contributed by atoms with Gasteiger partial charge in [-0.15, -0.1) is 0 Å². The summed E-state index contributed by atoms with van der Waals surface area (Å²) >= 11 is 0. The van der Waals surface area contributed by atoms with Gasteiger partial charge in [-0.2, -0.15) is 0 Å². The Kier molecular flexibility index (Phi) is 4.34. The van der Waals surface area contributed by atoms with E-state index in [1.165, 1.54) is 16.7 Å². The van der Waals surface area contributed by atoms with Crippen LogP contribution in [0.3, 0.4) is 0 Å². The summed E-state index contributed by atoms with van der Waals surface area (Å²) in [4.78, 5) is 0. The summed E-state index contributed by atoms with van der Waals surface area (Å²) in [6.07, 6.45) is 5.45. The van der Waals surface area contributed by atoms with Crippen LogP contribution in [0.25, 0.3) is 0 Å². The highest BCUT2D eigenvalue weighted by Gasteiger charge is 2.40. The smallest absolute Gasteiger partial charge is 0.115 e. The number of rotatable bonds is 3. The van der Waals surface area contributed by atoms with Gasteiger partial charge in [-0.25, -0.2) is 0 Å². The highest BCUT2D eigenvalue weighted by Crippen LogP contribution is 2.50. The topological polar surface area (TPSA) is 40.5 Å². The monoisotopic (exact) mass is 310 g/mol. The van der Waals surface area contributed by atoms with Crippen molar-refractivity contribution in [3.05, 3.63) is 59.2 Å². The number of fused-ring (bicyclic) bond motifs is 1. The summed E-state index contributed by atoms with van der Waals surface area (Å²) in [7, 11) is 0. The predicted molar refractivity (Wildman–Crippen MR) is 94.2 cm³/mol. The molecule has 0 aromatic heterocycles. The third kappa shape index (κ3) is 2.71. The van der Waals surface area contributed by atoms with Gasteiger partial charge in [0.05, 0.1) is 0 Å². The molecule has 2 unspecified atom stereocenters. The molecule has 23 heavy (non-hydrogen) atoms. The molecule has 0 heterocycles. The van der Waals surface area contributed by atoms with Crippen LogP contribution in [-0.4, -0.2) is 10.2 Å². The van der Waals surface area contributed by atoms with Crippen molar-refractivity contribution in [1.29, 1.82) is 0 Å². The van der Waals surface area contributed by atoms with Crippen LogP contribution in [-0.2, 0) is 11.8 Å². The predicted octanol–water partition coefficient (Wildman–Crippen LogP) is 5.28. The standard InChI is InChI=1S/C21H26O2/c1-3-20-19-12-11-18(23)14-15(19)6-5-13-21(20,4-2)16-7-9-17(22)10-8-16/h7-12,14,20,22-23H,3-6,13H2,1-2H3. The highest BCUT2D eigenvalue weighted by atomic mass is 16.3. The Morgan fingerprint density at radius 1 is 1.00 bits per heavy atom. The summed E-state index contributed by atoms with van der Waals surface area (Å²) in [6, 6.07) is 13.7. The lowest BCUT2D eigenvalue weighted by Gasteiger charge is -2.40. The number of aryl methyl sites for hydroxylation is 1. The molecule has 2 heteroatoms. The number of benzene rings is 2. The van der Waals surface area contributed by atoms with Crippen LogP contribution in [0.2, 0.25) is 0 Å². The lowest BCUT2D eigenvalue weighted by molar-refractivity contribution is 0.300. The SMILES string of the molecule is CCC1c2ccc(O)cc2CCCC1(CC)c1ccc(O)cc1. The van der Waals surface area contributed by atoms with Crippen molar-refractivity contribution in [2.75, 3.05) is 0 Å². The molecule has 122 valence electrons. The molecule has 2 nitrogen and oxygen atoms in total. The van der Waals surface area contributed by atoms with Gasteiger partial charge in [-0.1, -0.05) is 32.0 Å². The second-order valence-electron chi connectivity index (χ2n) is 6.75. The fraction of sp³-hybridized carbons (Fsp3) is 0.429. The Bertz CT molecular complexity index is 675. The zero-order valence-electron chi connectivity index (χ0n) is 14.0. The first-order valence-electron chi connectivity index (χ1n) is 8.72. The van der Waals surface area contributed by atoms with E-state index in [-0.39, 0.29) is 5.41 Å². The van der Waals surface area contributed by atoms with Crippen LogP contribution in [0.1, 0.15) is 62.1 Å². The molecule has 0 spiro atoms. The molecular weight excluding hydrogens is 284 g/mol. The molecule has 0 saturated carbocycles. The van der Waals surface area contributed by atoms with E-state index in [1.54, 1.807) is 0 Å². The number of phenols is 2. The molecule has 0 bridgehead atoms. The second-order valence-corrected chi connectivity index (χ2v) is 6.75. The molecule has 0 saturated heterocycles. The summed E-state index contributed by atoms with van der Waals surface area (Å²) in [5, 5.41) is 19.5. The van der Waals surface area contributed by atoms with E-state index in [2.05, 4.69) is 32.0 Å². The van der Waals surface area contributed by atoms with Gasteiger partial charge in [0.25, 0.3) is 0 Å². The Morgan fingerprint density at radius 3 is 2.35 bits per heavy atom. The van der Waals surface area contributed by atoms with Crippen LogP contribution < -0.4 is 0 Å². The molecule has 3 rings (SSSR count). The summed E-state index contributed by atoms with van der Waals surface area (Å²) in [5.74, 6) is 1.13. The largest absolute Gasteiger partial charge is 0.508 e. The van der Waals surface area contributed by atoms with Gasteiger partial charge in [-0.3, -0.25) is 0 Å². The molecule has 1 aliphatic carbocycles. The molecule has 2 N–H and O–H groups in total. The van der Waals surface area contributed by atoms with Gasteiger partial charge < -0.3 is 10.2 Å². The van der Waals surface area contributed by atoms with E-state index in [9.17, 15) is 10.2 Å². The van der Waals surface area contributed by atoms with Crippen molar-refractivity contribution in [2.24, 2.45) is 0 Å². The van der Waals surface area contributed by atoms with Crippen LogP contribution >= 0.6 is 0 Å².